The Morgan fingerprint density at radius 3 is 2.61 bits per heavy atom. The zero-order valence-electron chi connectivity index (χ0n) is 12.7. The van der Waals surface area contributed by atoms with Gasteiger partial charge in [-0.2, -0.15) is 0 Å². The highest BCUT2D eigenvalue weighted by Gasteiger charge is 2.25. The van der Waals surface area contributed by atoms with Crippen LogP contribution in [0.25, 0.3) is 0 Å². The topological polar surface area (TPSA) is 24.5 Å². The zero-order chi connectivity index (χ0) is 13.4. The van der Waals surface area contributed by atoms with Gasteiger partial charge in [-0.05, 0) is 38.3 Å². The third-order valence-electron chi connectivity index (χ3n) is 3.89. The molecule has 1 saturated heterocycles. The minimum Gasteiger partial charge on any atom is -0.377 e. The third kappa shape index (κ3) is 5.25. The van der Waals surface area contributed by atoms with Crippen LogP contribution in [0.3, 0.4) is 0 Å². The summed E-state index contributed by atoms with van der Waals surface area (Å²) in [6.07, 6.45) is 4.16. The van der Waals surface area contributed by atoms with E-state index < -0.39 is 0 Å². The molecule has 2 unspecified atom stereocenters. The molecule has 0 saturated carbocycles. The van der Waals surface area contributed by atoms with Crippen LogP contribution < -0.4 is 5.32 Å². The highest BCUT2D eigenvalue weighted by atomic mass is 16.5. The van der Waals surface area contributed by atoms with Crippen LogP contribution >= 0.6 is 0 Å². The maximum absolute atomic E-state index is 5.78. The van der Waals surface area contributed by atoms with Crippen molar-refractivity contribution in [3.05, 3.63) is 0 Å². The lowest BCUT2D eigenvalue weighted by atomic mass is 10.0. The number of rotatable bonds is 9. The largest absolute Gasteiger partial charge is 0.377 e. The molecule has 1 fully saturated rings. The Labute approximate surface area is 113 Å². The van der Waals surface area contributed by atoms with Crippen molar-refractivity contribution in [2.45, 2.75) is 59.1 Å². The van der Waals surface area contributed by atoms with E-state index in [-0.39, 0.29) is 0 Å². The Bertz CT molecular complexity index is 203. The highest BCUT2D eigenvalue weighted by molar-refractivity contribution is 4.80. The average molecular weight is 256 g/mol. The van der Waals surface area contributed by atoms with Gasteiger partial charge in [0.2, 0.25) is 0 Å². The van der Waals surface area contributed by atoms with Gasteiger partial charge in [0.15, 0.2) is 0 Å². The Morgan fingerprint density at radius 2 is 2.11 bits per heavy atom. The molecule has 0 aromatic heterocycles. The van der Waals surface area contributed by atoms with E-state index in [1.54, 1.807) is 0 Å². The van der Waals surface area contributed by atoms with Crippen LogP contribution in [0.2, 0.25) is 0 Å². The Balaban J connectivity index is 2.44. The van der Waals surface area contributed by atoms with Crippen LogP contribution in [0.4, 0.5) is 0 Å². The second-order valence-electron chi connectivity index (χ2n) is 5.74. The Kier molecular flexibility index (Phi) is 7.87. The molecule has 1 N–H and O–H groups in total. The fourth-order valence-corrected chi connectivity index (χ4v) is 2.76. The van der Waals surface area contributed by atoms with Crippen LogP contribution in [0, 0.1) is 5.92 Å². The second-order valence-corrected chi connectivity index (χ2v) is 5.74. The average Bonchev–Trinajstić information content (AvgIpc) is 2.85. The SMILES string of the molecule is CCCNCC(C(C)C)N(CC)CC1CCCO1. The monoisotopic (exact) mass is 256 g/mol. The van der Waals surface area contributed by atoms with Crippen LogP contribution in [0.15, 0.2) is 0 Å². The van der Waals surface area contributed by atoms with Crippen molar-refractivity contribution in [1.29, 1.82) is 0 Å². The summed E-state index contributed by atoms with van der Waals surface area (Å²) in [7, 11) is 0. The van der Waals surface area contributed by atoms with Gasteiger partial charge >= 0.3 is 0 Å². The number of hydrogen-bond acceptors (Lipinski definition) is 3. The zero-order valence-corrected chi connectivity index (χ0v) is 12.7. The first-order valence-electron chi connectivity index (χ1n) is 7.75. The first kappa shape index (κ1) is 15.9. The quantitative estimate of drug-likeness (QED) is 0.642. The molecule has 2 atom stereocenters. The number of nitrogens with zero attached hydrogens (tertiary/aromatic N) is 1. The van der Waals surface area contributed by atoms with Gasteiger partial charge in [-0.3, -0.25) is 4.90 Å². The molecule has 108 valence electrons. The van der Waals surface area contributed by atoms with Crippen molar-refractivity contribution in [2.75, 3.05) is 32.8 Å². The first-order valence-corrected chi connectivity index (χ1v) is 7.75. The molecule has 1 heterocycles. The fraction of sp³-hybridized carbons (Fsp3) is 1.00. The highest BCUT2D eigenvalue weighted by Crippen LogP contribution is 2.17. The summed E-state index contributed by atoms with van der Waals surface area (Å²) in [5.74, 6) is 0.690. The van der Waals surface area contributed by atoms with Crippen molar-refractivity contribution in [3.8, 4) is 0 Å². The summed E-state index contributed by atoms with van der Waals surface area (Å²) < 4.78 is 5.78. The van der Waals surface area contributed by atoms with Crippen molar-refractivity contribution in [1.82, 2.24) is 10.2 Å². The number of likely N-dealkylation sites (N-methyl/N-ethyl adjacent to an activating group) is 1. The third-order valence-corrected chi connectivity index (χ3v) is 3.89. The lowest BCUT2D eigenvalue weighted by Gasteiger charge is -2.35. The van der Waals surface area contributed by atoms with E-state index in [2.05, 4.69) is 37.9 Å². The van der Waals surface area contributed by atoms with Crippen molar-refractivity contribution >= 4 is 0 Å². The predicted molar refractivity (Wildman–Crippen MR) is 78.0 cm³/mol. The maximum atomic E-state index is 5.78. The van der Waals surface area contributed by atoms with Gasteiger partial charge in [0.1, 0.15) is 0 Å². The number of hydrogen-bond donors (Lipinski definition) is 1. The van der Waals surface area contributed by atoms with E-state index in [0.29, 0.717) is 18.1 Å². The van der Waals surface area contributed by atoms with Crippen LogP contribution in [-0.4, -0.2) is 49.8 Å². The smallest absolute Gasteiger partial charge is 0.0702 e. The molecule has 1 rings (SSSR count). The van der Waals surface area contributed by atoms with E-state index in [9.17, 15) is 0 Å². The Hall–Kier alpha value is -0.120. The minimum atomic E-state index is 0.470. The fourth-order valence-electron chi connectivity index (χ4n) is 2.76. The molecular weight excluding hydrogens is 224 g/mol. The summed E-state index contributed by atoms with van der Waals surface area (Å²) in [6.45, 7) is 14.6. The summed E-state index contributed by atoms with van der Waals surface area (Å²) in [5, 5.41) is 3.57. The molecule has 0 radical (unpaired) electrons. The molecule has 0 spiro atoms. The van der Waals surface area contributed by atoms with E-state index in [0.717, 1.165) is 32.8 Å². The molecule has 18 heavy (non-hydrogen) atoms. The van der Waals surface area contributed by atoms with E-state index in [4.69, 9.17) is 4.74 Å². The molecule has 3 nitrogen and oxygen atoms in total. The van der Waals surface area contributed by atoms with Crippen LogP contribution in [0.1, 0.15) is 47.0 Å². The van der Waals surface area contributed by atoms with Gasteiger partial charge in [-0.1, -0.05) is 27.7 Å². The number of nitrogens with one attached hydrogen (secondary N) is 1. The van der Waals surface area contributed by atoms with Crippen molar-refractivity contribution in [3.63, 3.8) is 0 Å². The molecule has 0 aromatic carbocycles. The van der Waals surface area contributed by atoms with Gasteiger partial charge in [0.25, 0.3) is 0 Å². The van der Waals surface area contributed by atoms with Crippen LogP contribution in [0.5, 0.6) is 0 Å². The minimum absolute atomic E-state index is 0.470. The predicted octanol–water partition coefficient (Wildman–Crippen LogP) is 2.51. The van der Waals surface area contributed by atoms with E-state index >= 15 is 0 Å². The molecule has 0 aliphatic carbocycles. The molecule has 1 aliphatic rings. The first-order chi connectivity index (χ1) is 8.69. The summed E-state index contributed by atoms with van der Waals surface area (Å²) >= 11 is 0. The maximum Gasteiger partial charge on any atom is 0.0702 e. The van der Waals surface area contributed by atoms with E-state index in [1.165, 1.54) is 19.3 Å². The lowest BCUT2D eigenvalue weighted by Crippen LogP contribution is -2.48. The lowest BCUT2D eigenvalue weighted by molar-refractivity contribution is 0.0493. The summed E-state index contributed by atoms with van der Waals surface area (Å²) in [6, 6.07) is 0.630. The van der Waals surface area contributed by atoms with Gasteiger partial charge in [-0.25, -0.2) is 0 Å². The second kappa shape index (κ2) is 8.89. The molecule has 0 amide bonds. The summed E-state index contributed by atoms with van der Waals surface area (Å²) in [5.41, 5.74) is 0. The van der Waals surface area contributed by atoms with Crippen molar-refractivity contribution in [2.24, 2.45) is 5.92 Å². The molecule has 0 aromatic rings. The Morgan fingerprint density at radius 1 is 1.33 bits per heavy atom. The van der Waals surface area contributed by atoms with Crippen LogP contribution in [-0.2, 0) is 4.74 Å². The van der Waals surface area contributed by atoms with Gasteiger partial charge < -0.3 is 10.1 Å². The van der Waals surface area contributed by atoms with Gasteiger partial charge in [-0.15, -0.1) is 0 Å². The molecule has 0 bridgehead atoms. The molecular formula is C15H32N2O. The van der Waals surface area contributed by atoms with E-state index in [1.807, 2.05) is 0 Å². The summed E-state index contributed by atoms with van der Waals surface area (Å²) in [4.78, 5) is 2.60. The van der Waals surface area contributed by atoms with Crippen molar-refractivity contribution < 1.29 is 4.74 Å². The number of ether oxygens (including phenoxy) is 1. The molecule has 1 aliphatic heterocycles. The molecule has 3 heteroatoms. The normalized spacial score (nSPS) is 22.0. The van der Waals surface area contributed by atoms with Gasteiger partial charge in [0, 0.05) is 25.7 Å². The van der Waals surface area contributed by atoms with Gasteiger partial charge in [0.05, 0.1) is 6.10 Å². The standard InChI is InChI=1S/C15H32N2O/c1-5-9-16-11-15(13(3)4)17(6-2)12-14-8-7-10-18-14/h13-16H,5-12H2,1-4H3.